The Bertz CT molecular complexity index is 737. The molecule has 1 amide bonds. The maximum absolute atomic E-state index is 12.3. The number of benzene rings is 1. The van der Waals surface area contributed by atoms with Crippen molar-refractivity contribution in [1.29, 1.82) is 0 Å². The van der Waals surface area contributed by atoms with Crippen LogP contribution in [0.1, 0.15) is 34.1 Å². The molecular weight excluding hydrogens is 308 g/mol. The number of carbonyl (C=O) groups excluding carboxylic acids is 2. The van der Waals surface area contributed by atoms with Crippen molar-refractivity contribution in [2.45, 2.75) is 19.4 Å². The predicted octanol–water partition coefficient (Wildman–Crippen LogP) is 2.70. The standard InChI is InChI=1S/C18H18N2O4/c1-12(21)13-3-2-4-15(9-13)20-18(22)14-5-6-17(19-10-14)24-16-7-8-23-11-16/h2-6,9-10,16H,7-8,11H2,1H3,(H,20,22). The van der Waals surface area contributed by atoms with Crippen molar-refractivity contribution >= 4 is 17.4 Å². The minimum absolute atomic E-state index is 0.0199. The number of ketones is 1. The maximum atomic E-state index is 12.3. The summed E-state index contributed by atoms with van der Waals surface area (Å²) >= 11 is 0. The van der Waals surface area contributed by atoms with Crippen LogP contribution in [0.15, 0.2) is 42.6 Å². The van der Waals surface area contributed by atoms with Crippen molar-refractivity contribution in [3.8, 4) is 5.88 Å². The third-order valence-electron chi connectivity index (χ3n) is 3.70. The van der Waals surface area contributed by atoms with Gasteiger partial charge in [-0.25, -0.2) is 4.98 Å². The SMILES string of the molecule is CC(=O)c1cccc(NC(=O)c2ccc(OC3CCOC3)nc2)c1. The number of anilines is 1. The van der Waals surface area contributed by atoms with E-state index in [1.165, 1.54) is 13.1 Å². The van der Waals surface area contributed by atoms with Gasteiger partial charge in [0.25, 0.3) is 5.91 Å². The molecule has 6 heteroatoms. The molecule has 0 bridgehead atoms. The van der Waals surface area contributed by atoms with E-state index in [9.17, 15) is 9.59 Å². The molecule has 1 aromatic carbocycles. The van der Waals surface area contributed by atoms with E-state index in [2.05, 4.69) is 10.3 Å². The first-order valence-electron chi connectivity index (χ1n) is 7.74. The number of nitrogens with zero attached hydrogens (tertiary/aromatic N) is 1. The van der Waals surface area contributed by atoms with Crippen LogP contribution in [-0.4, -0.2) is 36.0 Å². The normalized spacial score (nSPS) is 16.6. The van der Waals surface area contributed by atoms with Gasteiger partial charge in [-0.3, -0.25) is 9.59 Å². The van der Waals surface area contributed by atoms with Gasteiger partial charge in [-0.15, -0.1) is 0 Å². The van der Waals surface area contributed by atoms with Gasteiger partial charge < -0.3 is 14.8 Å². The highest BCUT2D eigenvalue weighted by molar-refractivity contribution is 6.05. The number of hydrogen-bond acceptors (Lipinski definition) is 5. The first-order valence-corrected chi connectivity index (χ1v) is 7.74. The number of Topliss-reactive ketones (excluding diaryl/α,β-unsaturated/α-hetero) is 1. The quantitative estimate of drug-likeness (QED) is 0.855. The third-order valence-corrected chi connectivity index (χ3v) is 3.70. The Morgan fingerprint density at radius 1 is 1.25 bits per heavy atom. The fourth-order valence-corrected chi connectivity index (χ4v) is 2.38. The zero-order chi connectivity index (χ0) is 16.9. The second-order valence-corrected chi connectivity index (χ2v) is 5.58. The Kier molecular flexibility index (Phi) is 4.86. The molecule has 1 aliphatic heterocycles. The molecule has 1 saturated heterocycles. The number of carbonyl (C=O) groups is 2. The molecule has 1 unspecified atom stereocenters. The second-order valence-electron chi connectivity index (χ2n) is 5.58. The molecule has 0 spiro atoms. The summed E-state index contributed by atoms with van der Waals surface area (Å²) in [5.74, 6) is 0.129. The first kappa shape index (κ1) is 16.1. The number of hydrogen-bond donors (Lipinski definition) is 1. The highest BCUT2D eigenvalue weighted by Gasteiger charge is 2.18. The van der Waals surface area contributed by atoms with Crippen LogP contribution < -0.4 is 10.1 Å². The van der Waals surface area contributed by atoms with Gasteiger partial charge in [-0.1, -0.05) is 12.1 Å². The summed E-state index contributed by atoms with van der Waals surface area (Å²) in [6.45, 7) is 2.75. The maximum Gasteiger partial charge on any atom is 0.257 e. The van der Waals surface area contributed by atoms with Crippen molar-refractivity contribution in [2.24, 2.45) is 0 Å². The molecule has 0 radical (unpaired) electrons. The molecule has 0 saturated carbocycles. The van der Waals surface area contributed by atoms with Gasteiger partial charge in [0, 0.05) is 29.9 Å². The molecular formula is C18H18N2O4. The zero-order valence-corrected chi connectivity index (χ0v) is 13.3. The lowest BCUT2D eigenvalue weighted by Gasteiger charge is -2.11. The Morgan fingerprint density at radius 2 is 2.12 bits per heavy atom. The van der Waals surface area contributed by atoms with Crippen LogP contribution in [0.4, 0.5) is 5.69 Å². The summed E-state index contributed by atoms with van der Waals surface area (Å²) in [5.41, 5.74) is 1.53. The molecule has 1 aromatic heterocycles. The number of ether oxygens (including phenoxy) is 2. The van der Waals surface area contributed by atoms with Gasteiger partial charge in [-0.2, -0.15) is 0 Å². The van der Waals surface area contributed by atoms with Gasteiger partial charge in [0.2, 0.25) is 5.88 Å². The van der Waals surface area contributed by atoms with Crippen molar-refractivity contribution in [1.82, 2.24) is 4.98 Å². The molecule has 0 aliphatic carbocycles. The van der Waals surface area contributed by atoms with Crippen LogP contribution in [0.3, 0.4) is 0 Å². The monoisotopic (exact) mass is 326 g/mol. The zero-order valence-electron chi connectivity index (χ0n) is 13.3. The second kappa shape index (κ2) is 7.23. The van der Waals surface area contributed by atoms with Crippen LogP contribution in [0.2, 0.25) is 0 Å². The summed E-state index contributed by atoms with van der Waals surface area (Å²) < 4.78 is 10.9. The summed E-state index contributed by atoms with van der Waals surface area (Å²) in [7, 11) is 0. The van der Waals surface area contributed by atoms with E-state index in [4.69, 9.17) is 9.47 Å². The van der Waals surface area contributed by atoms with Crippen molar-refractivity contribution in [3.63, 3.8) is 0 Å². The number of pyridine rings is 1. The Hall–Kier alpha value is -2.73. The van der Waals surface area contributed by atoms with E-state index in [0.29, 0.717) is 35.9 Å². The van der Waals surface area contributed by atoms with E-state index in [1.54, 1.807) is 36.4 Å². The van der Waals surface area contributed by atoms with Gasteiger partial charge in [0.05, 0.1) is 18.8 Å². The first-order chi connectivity index (χ1) is 11.6. The van der Waals surface area contributed by atoms with Crippen LogP contribution in [0.5, 0.6) is 5.88 Å². The smallest absolute Gasteiger partial charge is 0.257 e. The minimum Gasteiger partial charge on any atom is -0.472 e. The molecule has 3 rings (SSSR count). The minimum atomic E-state index is -0.293. The molecule has 124 valence electrons. The largest absolute Gasteiger partial charge is 0.472 e. The van der Waals surface area contributed by atoms with Gasteiger partial charge in [0.15, 0.2) is 5.78 Å². The Morgan fingerprint density at radius 3 is 2.79 bits per heavy atom. The summed E-state index contributed by atoms with van der Waals surface area (Å²) in [6.07, 6.45) is 2.33. The molecule has 6 nitrogen and oxygen atoms in total. The van der Waals surface area contributed by atoms with Gasteiger partial charge in [-0.05, 0) is 25.1 Å². The van der Waals surface area contributed by atoms with E-state index in [1.807, 2.05) is 0 Å². The lowest BCUT2D eigenvalue weighted by Crippen LogP contribution is -2.17. The van der Waals surface area contributed by atoms with Crippen LogP contribution in [-0.2, 0) is 4.74 Å². The Balaban J connectivity index is 1.64. The topological polar surface area (TPSA) is 77.5 Å². The van der Waals surface area contributed by atoms with Crippen LogP contribution in [0.25, 0.3) is 0 Å². The molecule has 2 aromatic rings. The number of amides is 1. The summed E-state index contributed by atoms with van der Waals surface area (Å²) in [6, 6.07) is 10.1. The molecule has 2 heterocycles. The fourth-order valence-electron chi connectivity index (χ4n) is 2.38. The summed E-state index contributed by atoms with van der Waals surface area (Å²) in [5, 5.41) is 2.75. The molecule has 1 N–H and O–H groups in total. The lowest BCUT2D eigenvalue weighted by atomic mass is 10.1. The van der Waals surface area contributed by atoms with Gasteiger partial charge in [0.1, 0.15) is 6.10 Å². The van der Waals surface area contributed by atoms with Crippen molar-refractivity contribution in [2.75, 3.05) is 18.5 Å². The molecule has 1 fully saturated rings. The summed E-state index contributed by atoms with van der Waals surface area (Å²) in [4.78, 5) is 27.8. The molecule has 24 heavy (non-hydrogen) atoms. The predicted molar refractivity (Wildman–Crippen MR) is 88.5 cm³/mol. The van der Waals surface area contributed by atoms with Crippen LogP contribution >= 0.6 is 0 Å². The van der Waals surface area contributed by atoms with E-state index < -0.39 is 0 Å². The molecule has 1 atom stereocenters. The van der Waals surface area contributed by atoms with E-state index in [-0.39, 0.29) is 17.8 Å². The highest BCUT2D eigenvalue weighted by Crippen LogP contribution is 2.16. The van der Waals surface area contributed by atoms with Crippen molar-refractivity contribution in [3.05, 3.63) is 53.7 Å². The number of rotatable bonds is 5. The average molecular weight is 326 g/mol. The lowest BCUT2D eigenvalue weighted by molar-refractivity contribution is 0.101. The number of nitrogens with one attached hydrogen (secondary N) is 1. The highest BCUT2D eigenvalue weighted by atomic mass is 16.5. The molecule has 1 aliphatic rings. The fraction of sp³-hybridized carbons (Fsp3) is 0.278. The third kappa shape index (κ3) is 3.97. The van der Waals surface area contributed by atoms with Gasteiger partial charge >= 0.3 is 0 Å². The van der Waals surface area contributed by atoms with E-state index >= 15 is 0 Å². The van der Waals surface area contributed by atoms with Crippen molar-refractivity contribution < 1.29 is 19.1 Å². The Labute approximate surface area is 139 Å². The van der Waals surface area contributed by atoms with E-state index in [0.717, 1.165) is 6.42 Å². The van der Waals surface area contributed by atoms with Crippen LogP contribution in [0, 0.1) is 0 Å². The number of aromatic nitrogens is 1. The average Bonchev–Trinajstić information content (AvgIpc) is 3.08.